The van der Waals surface area contributed by atoms with Crippen LogP contribution in [0.4, 0.5) is 0 Å². The summed E-state index contributed by atoms with van der Waals surface area (Å²) in [5.41, 5.74) is 0.904. The molecule has 1 aliphatic rings. The molecule has 28 heavy (non-hydrogen) atoms. The van der Waals surface area contributed by atoms with Gasteiger partial charge in [0.25, 0.3) is 5.24 Å². The number of ether oxygens (including phenoxy) is 1. The lowest BCUT2D eigenvalue weighted by atomic mass is 9.71. The van der Waals surface area contributed by atoms with Gasteiger partial charge in [-0.25, -0.2) is 0 Å². The number of carbonyl (C=O) groups excluding carboxylic acids is 2. The smallest absolute Gasteiger partial charge is 0.255 e. The van der Waals surface area contributed by atoms with Gasteiger partial charge in [-0.05, 0) is 58.5 Å². The molecule has 3 rings (SSSR count). The van der Waals surface area contributed by atoms with E-state index >= 15 is 0 Å². The molecule has 0 fully saturated rings. The Labute approximate surface area is 174 Å². The zero-order valence-electron chi connectivity index (χ0n) is 15.6. The first-order valence-corrected chi connectivity index (χ1v) is 9.75. The van der Waals surface area contributed by atoms with Gasteiger partial charge in [0, 0.05) is 6.42 Å². The third-order valence-corrected chi connectivity index (χ3v) is 5.43. The van der Waals surface area contributed by atoms with E-state index < -0.39 is 15.9 Å². The Hall–Kier alpha value is -2.36. The van der Waals surface area contributed by atoms with E-state index in [1.807, 2.05) is 42.5 Å². The summed E-state index contributed by atoms with van der Waals surface area (Å²) in [5, 5.41) is -1.18. The lowest BCUT2D eigenvalue weighted by Crippen LogP contribution is -2.36. The lowest BCUT2D eigenvalue weighted by molar-refractivity contribution is -0.115. The van der Waals surface area contributed by atoms with Crippen LogP contribution in [0.5, 0.6) is 5.75 Å². The number of carbonyl (C=O) groups is 2. The van der Waals surface area contributed by atoms with Gasteiger partial charge >= 0.3 is 0 Å². The average Bonchev–Trinajstić information content (AvgIpc) is 2.68. The van der Waals surface area contributed by atoms with Gasteiger partial charge in [0.05, 0.1) is 11.0 Å². The van der Waals surface area contributed by atoms with Crippen molar-refractivity contribution in [3.63, 3.8) is 0 Å². The highest BCUT2D eigenvalue weighted by molar-refractivity contribution is 6.68. The molecule has 0 N–H and O–H groups in total. The van der Waals surface area contributed by atoms with Crippen molar-refractivity contribution in [2.24, 2.45) is 0 Å². The second-order valence-corrected chi connectivity index (χ2v) is 7.71. The fraction of sp³-hybridized carbons (Fsp3) is 0.217. The quantitative estimate of drug-likeness (QED) is 0.554. The summed E-state index contributed by atoms with van der Waals surface area (Å²) in [4.78, 5) is 24.6. The predicted octanol–water partition coefficient (Wildman–Crippen LogP) is 5.87. The van der Waals surface area contributed by atoms with Crippen molar-refractivity contribution in [3.8, 4) is 5.75 Å². The molecule has 3 nitrogen and oxygen atoms in total. The van der Waals surface area contributed by atoms with Gasteiger partial charge in [-0.2, -0.15) is 0 Å². The second-order valence-electron chi connectivity index (χ2n) is 7.02. The minimum atomic E-state index is -1.14. The van der Waals surface area contributed by atoms with Gasteiger partial charge in [0.15, 0.2) is 0 Å². The molecule has 1 aliphatic carbocycles. The Balaban J connectivity index is 2.13. The van der Waals surface area contributed by atoms with Crippen LogP contribution in [0.15, 0.2) is 78.1 Å². The molecule has 0 aliphatic heterocycles. The van der Waals surface area contributed by atoms with E-state index in [2.05, 4.69) is 13.8 Å². The Kier molecular flexibility index (Phi) is 6.07. The number of hydrogen-bond acceptors (Lipinski definition) is 3. The first-order chi connectivity index (χ1) is 13.3. The maximum Gasteiger partial charge on any atom is 0.255 e. The van der Waals surface area contributed by atoms with Crippen LogP contribution in [-0.4, -0.2) is 10.5 Å². The molecule has 1 unspecified atom stereocenters. The fourth-order valence-corrected chi connectivity index (χ4v) is 3.86. The summed E-state index contributed by atoms with van der Waals surface area (Å²) in [7, 11) is 0. The number of hydrogen-bond donors (Lipinski definition) is 0. The summed E-state index contributed by atoms with van der Waals surface area (Å²) in [6, 6.07) is 16.7. The molecular formula is C23H20Cl2O3. The Bertz CT molecular complexity index is 961. The Morgan fingerprint density at radius 3 is 2.25 bits per heavy atom. The van der Waals surface area contributed by atoms with Crippen molar-refractivity contribution in [2.75, 3.05) is 0 Å². The summed E-state index contributed by atoms with van der Waals surface area (Å²) in [6.45, 7) is 4.12. The first kappa shape index (κ1) is 20.4. The van der Waals surface area contributed by atoms with E-state index in [-0.39, 0.29) is 17.9 Å². The molecular weight excluding hydrogens is 395 g/mol. The monoisotopic (exact) mass is 414 g/mol. The Morgan fingerprint density at radius 2 is 1.64 bits per heavy atom. The predicted molar refractivity (Wildman–Crippen MR) is 112 cm³/mol. The van der Waals surface area contributed by atoms with E-state index in [0.29, 0.717) is 11.5 Å². The van der Waals surface area contributed by atoms with Crippen LogP contribution in [0.25, 0.3) is 0 Å². The third-order valence-electron chi connectivity index (χ3n) is 4.88. The number of benzene rings is 2. The van der Waals surface area contributed by atoms with Crippen LogP contribution in [0.2, 0.25) is 0 Å². The van der Waals surface area contributed by atoms with Gasteiger partial charge < -0.3 is 4.74 Å². The highest BCUT2D eigenvalue weighted by Gasteiger charge is 2.43. The van der Waals surface area contributed by atoms with E-state index in [1.165, 1.54) is 6.08 Å². The average molecular weight is 415 g/mol. The molecule has 0 heterocycles. The van der Waals surface area contributed by atoms with Crippen molar-refractivity contribution >= 4 is 33.7 Å². The molecule has 2 aromatic rings. The number of halogens is 2. The maximum absolute atomic E-state index is 12.7. The summed E-state index contributed by atoms with van der Waals surface area (Å²) < 4.78 is 5.97. The normalized spacial score (nSPS) is 19.0. The van der Waals surface area contributed by atoms with Crippen molar-refractivity contribution in [1.29, 1.82) is 0 Å². The standard InChI is InChI=1S/C23H20Cl2O3/c1-15(2)17-10-6-7-11-19(17)23(22(25)27)13-12-18(21(24)26)20(14-23)28-16-8-4-3-5-9-16/h3-13,15H,14H2,1-2H3. The van der Waals surface area contributed by atoms with Gasteiger partial charge in [0.2, 0.25) is 5.24 Å². The van der Waals surface area contributed by atoms with E-state index in [0.717, 1.165) is 11.1 Å². The molecule has 0 saturated carbocycles. The third kappa shape index (κ3) is 3.91. The molecule has 0 saturated heterocycles. The topological polar surface area (TPSA) is 43.4 Å². The highest BCUT2D eigenvalue weighted by atomic mass is 35.5. The van der Waals surface area contributed by atoms with E-state index in [1.54, 1.807) is 18.2 Å². The Morgan fingerprint density at radius 1 is 1.00 bits per heavy atom. The van der Waals surface area contributed by atoms with E-state index in [4.69, 9.17) is 27.9 Å². The summed E-state index contributed by atoms with van der Waals surface area (Å²) in [6.07, 6.45) is 3.31. The molecule has 0 aromatic heterocycles. The lowest BCUT2D eigenvalue weighted by Gasteiger charge is -2.34. The molecule has 2 aromatic carbocycles. The molecule has 0 radical (unpaired) electrons. The second kappa shape index (κ2) is 8.34. The van der Waals surface area contributed by atoms with Crippen molar-refractivity contribution < 1.29 is 14.3 Å². The van der Waals surface area contributed by atoms with Gasteiger partial charge in [-0.15, -0.1) is 0 Å². The first-order valence-electron chi connectivity index (χ1n) is 8.99. The van der Waals surface area contributed by atoms with Crippen molar-refractivity contribution in [3.05, 3.63) is 89.2 Å². The fourth-order valence-electron chi connectivity index (χ4n) is 3.46. The van der Waals surface area contributed by atoms with Crippen LogP contribution in [0.3, 0.4) is 0 Å². The SMILES string of the molecule is CC(C)c1ccccc1C1(C(=O)Cl)C=CC(C(=O)Cl)=C(Oc2ccccc2)C1. The van der Waals surface area contributed by atoms with Crippen LogP contribution in [0, 0.1) is 0 Å². The molecule has 0 bridgehead atoms. The maximum atomic E-state index is 12.7. The van der Waals surface area contributed by atoms with Crippen molar-refractivity contribution in [1.82, 2.24) is 0 Å². The van der Waals surface area contributed by atoms with Gasteiger partial charge in [-0.3, -0.25) is 9.59 Å². The summed E-state index contributed by atoms with van der Waals surface area (Å²) >= 11 is 11.9. The zero-order chi connectivity index (χ0) is 20.3. The van der Waals surface area contributed by atoms with Crippen LogP contribution >= 0.6 is 23.2 Å². The largest absolute Gasteiger partial charge is 0.461 e. The molecule has 144 valence electrons. The minimum Gasteiger partial charge on any atom is -0.461 e. The zero-order valence-corrected chi connectivity index (χ0v) is 17.1. The molecule has 0 spiro atoms. The number of rotatable bonds is 6. The van der Waals surface area contributed by atoms with Gasteiger partial charge in [0.1, 0.15) is 11.5 Å². The summed E-state index contributed by atoms with van der Waals surface area (Å²) in [5.74, 6) is 1.06. The molecule has 5 heteroatoms. The number of para-hydroxylation sites is 1. The molecule has 1 atom stereocenters. The van der Waals surface area contributed by atoms with Gasteiger partial charge in [-0.1, -0.05) is 62.4 Å². The van der Waals surface area contributed by atoms with E-state index in [9.17, 15) is 9.59 Å². The van der Waals surface area contributed by atoms with Crippen LogP contribution in [-0.2, 0) is 15.0 Å². The van der Waals surface area contributed by atoms with Crippen LogP contribution < -0.4 is 4.74 Å². The van der Waals surface area contributed by atoms with Crippen molar-refractivity contribution in [2.45, 2.75) is 31.6 Å². The minimum absolute atomic E-state index is 0.109. The number of allylic oxidation sites excluding steroid dienone is 4. The highest BCUT2D eigenvalue weighted by Crippen LogP contribution is 2.43. The van der Waals surface area contributed by atoms with Crippen LogP contribution in [0.1, 0.15) is 37.3 Å². The molecule has 0 amide bonds.